The van der Waals surface area contributed by atoms with Crippen LogP contribution in [0.2, 0.25) is 0 Å². The maximum absolute atomic E-state index is 11.0. The van der Waals surface area contributed by atoms with Crippen molar-refractivity contribution in [3.8, 4) is 5.75 Å². The quantitative estimate of drug-likeness (QED) is 0.582. The fourth-order valence-electron chi connectivity index (χ4n) is 2.41. The van der Waals surface area contributed by atoms with Crippen LogP contribution < -0.4 is 10.1 Å². The molecule has 1 aromatic carbocycles. The molecular formula is C16H20N4O5. The topological polar surface area (TPSA) is 120 Å². The number of benzene rings is 1. The van der Waals surface area contributed by atoms with Gasteiger partial charge in [0.05, 0.1) is 11.5 Å². The first-order valence-corrected chi connectivity index (χ1v) is 7.65. The van der Waals surface area contributed by atoms with E-state index < -0.39 is 11.0 Å². The summed E-state index contributed by atoms with van der Waals surface area (Å²) in [5.74, 6) is 0.371. The van der Waals surface area contributed by atoms with Gasteiger partial charge in [0.25, 0.3) is 0 Å². The first-order chi connectivity index (χ1) is 11.8. The van der Waals surface area contributed by atoms with Crippen LogP contribution in [0.25, 0.3) is 0 Å². The number of nitrogens with one attached hydrogen (secondary N) is 1. The van der Waals surface area contributed by atoms with Gasteiger partial charge in [-0.3, -0.25) is 19.6 Å². The maximum Gasteiger partial charge on any atom is 0.312 e. The van der Waals surface area contributed by atoms with Gasteiger partial charge in [0, 0.05) is 12.6 Å². The number of aliphatic hydroxyl groups excluding tert-OH is 1. The minimum atomic E-state index is -0.882. The first kappa shape index (κ1) is 18.4. The number of nitro groups is 1. The molecule has 1 atom stereocenters. The number of amides is 1. The number of carbonyl (C=O) groups excluding carboxylic acids is 1. The second-order valence-electron chi connectivity index (χ2n) is 5.63. The van der Waals surface area contributed by atoms with Crippen LogP contribution in [0.4, 0.5) is 11.4 Å². The van der Waals surface area contributed by atoms with Crippen molar-refractivity contribution in [1.82, 2.24) is 9.78 Å². The van der Waals surface area contributed by atoms with Crippen LogP contribution >= 0.6 is 0 Å². The number of carbonyl (C=O) groups is 1. The molecular weight excluding hydrogens is 328 g/mol. The summed E-state index contributed by atoms with van der Waals surface area (Å²) in [6.07, 6.45) is -0.882. The van der Waals surface area contributed by atoms with Gasteiger partial charge in [-0.1, -0.05) is 0 Å². The van der Waals surface area contributed by atoms with Crippen LogP contribution in [0, 0.1) is 24.0 Å². The highest BCUT2D eigenvalue weighted by molar-refractivity contribution is 5.88. The molecule has 0 bridgehead atoms. The smallest absolute Gasteiger partial charge is 0.312 e. The molecule has 0 spiro atoms. The third-order valence-electron chi connectivity index (χ3n) is 3.53. The van der Waals surface area contributed by atoms with Crippen LogP contribution in [0.15, 0.2) is 24.3 Å². The Morgan fingerprint density at radius 3 is 2.56 bits per heavy atom. The summed E-state index contributed by atoms with van der Waals surface area (Å²) in [6, 6.07) is 6.72. The maximum atomic E-state index is 11.0. The van der Waals surface area contributed by atoms with E-state index in [4.69, 9.17) is 4.74 Å². The monoisotopic (exact) mass is 348 g/mol. The molecule has 0 aliphatic rings. The normalized spacial score (nSPS) is 11.8. The molecule has 0 saturated heterocycles. The van der Waals surface area contributed by atoms with Crippen LogP contribution in [-0.4, -0.2) is 38.4 Å². The highest BCUT2D eigenvalue weighted by Gasteiger charge is 2.22. The molecule has 1 aromatic heterocycles. The van der Waals surface area contributed by atoms with Gasteiger partial charge in [-0.25, -0.2) is 0 Å². The first-order valence-electron chi connectivity index (χ1n) is 7.65. The van der Waals surface area contributed by atoms with Crippen LogP contribution in [-0.2, 0) is 11.3 Å². The van der Waals surface area contributed by atoms with Crippen molar-refractivity contribution in [2.24, 2.45) is 0 Å². The molecule has 0 saturated carbocycles. The standard InChI is InChI=1S/C16H20N4O5/c1-10-16(20(23)24)11(2)19(18-10)8-14(22)9-25-15-6-4-13(5-7-15)17-12(3)21/h4-7,14,22H,8-9H2,1-3H3,(H,17,21). The summed E-state index contributed by atoms with van der Waals surface area (Å²) in [5.41, 5.74) is 1.31. The van der Waals surface area contributed by atoms with Gasteiger partial charge in [0.1, 0.15) is 29.8 Å². The van der Waals surface area contributed by atoms with Gasteiger partial charge in [0.15, 0.2) is 0 Å². The van der Waals surface area contributed by atoms with Gasteiger partial charge >= 0.3 is 5.69 Å². The summed E-state index contributed by atoms with van der Waals surface area (Å²) in [4.78, 5) is 21.5. The Bertz CT molecular complexity index is 770. The Morgan fingerprint density at radius 2 is 2.04 bits per heavy atom. The van der Waals surface area contributed by atoms with Crippen LogP contribution in [0.3, 0.4) is 0 Å². The molecule has 9 heteroatoms. The zero-order valence-corrected chi connectivity index (χ0v) is 14.2. The van der Waals surface area contributed by atoms with Crippen LogP contribution in [0.1, 0.15) is 18.3 Å². The number of rotatable bonds is 7. The lowest BCUT2D eigenvalue weighted by Gasteiger charge is -2.13. The number of aromatic nitrogens is 2. The molecule has 1 unspecified atom stereocenters. The largest absolute Gasteiger partial charge is 0.491 e. The average molecular weight is 348 g/mol. The number of anilines is 1. The van der Waals surface area contributed by atoms with Gasteiger partial charge in [0.2, 0.25) is 5.91 Å². The lowest BCUT2D eigenvalue weighted by atomic mass is 10.3. The molecule has 2 N–H and O–H groups in total. The zero-order valence-electron chi connectivity index (χ0n) is 14.2. The summed E-state index contributed by atoms with van der Waals surface area (Å²) in [6.45, 7) is 4.66. The third-order valence-corrected chi connectivity index (χ3v) is 3.53. The van der Waals surface area contributed by atoms with Gasteiger partial charge < -0.3 is 15.2 Å². The number of aliphatic hydroxyl groups is 1. The molecule has 134 valence electrons. The average Bonchev–Trinajstić information content (AvgIpc) is 2.80. The molecule has 2 aromatic rings. The molecule has 0 aliphatic heterocycles. The van der Waals surface area contributed by atoms with Crippen molar-refractivity contribution in [1.29, 1.82) is 0 Å². The Balaban J connectivity index is 1.93. The number of ether oxygens (including phenoxy) is 1. The van der Waals surface area contributed by atoms with E-state index in [2.05, 4.69) is 10.4 Å². The van der Waals surface area contributed by atoms with Gasteiger partial charge in [-0.05, 0) is 38.1 Å². The highest BCUT2D eigenvalue weighted by atomic mass is 16.6. The second kappa shape index (κ2) is 7.75. The van der Waals surface area contributed by atoms with Crippen molar-refractivity contribution in [3.05, 3.63) is 45.8 Å². The predicted octanol–water partition coefficient (Wildman–Crippen LogP) is 1.81. The van der Waals surface area contributed by atoms with Gasteiger partial charge in [-0.15, -0.1) is 0 Å². The molecule has 0 aliphatic carbocycles. The molecule has 1 heterocycles. The van der Waals surface area contributed by atoms with Crippen molar-refractivity contribution in [3.63, 3.8) is 0 Å². The predicted molar refractivity (Wildman–Crippen MR) is 90.6 cm³/mol. The van der Waals surface area contributed by atoms with E-state index in [1.807, 2.05) is 0 Å². The number of hydrogen-bond acceptors (Lipinski definition) is 6. The second-order valence-corrected chi connectivity index (χ2v) is 5.63. The van der Waals surface area contributed by atoms with E-state index in [-0.39, 0.29) is 24.7 Å². The van der Waals surface area contributed by atoms with E-state index in [1.54, 1.807) is 38.1 Å². The van der Waals surface area contributed by atoms with E-state index in [9.17, 15) is 20.0 Å². The molecule has 1 amide bonds. The number of aryl methyl sites for hydroxylation is 1. The summed E-state index contributed by atoms with van der Waals surface area (Å²) in [7, 11) is 0. The van der Waals surface area contributed by atoms with Crippen molar-refractivity contribution in [2.75, 3.05) is 11.9 Å². The minimum absolute atomic E-state index is 0.00558. The Hall–Kier alpha value is -2.94. The Kier molecular flexibility index (Phi) is 5.71. The van der Waals surface area contributed by atoms with Crippen molar-refractivity contribution < 1.29 is 19.6 Å². The number of nitrogens with zero attached hydrogens (tertiary/aromatic N) is 3. The van der Waals surface area contributed by atoms with E-state index in [0.29, 0.717) is 22.8 Å². The zero-order chi connectivity index (χ0) is 18.6. The van der Waals surface area contributed by atoms with Crippen LogP contribution in [0.5, 0.6) is 5.75 Å². The fourth-order valence-corrected chi connectivity index (χ4v) is 2.41. The van der Waals surface area contributed by atoms with E-state index in [1.165, 1.54) is 11.6 Å². The molecule has 0 fully saturated rings. The van der Waals surface area contributed by atoms with E-state index in [0.717, 1.165) is 0 Å². The summed E-state index contributed by atoms with van der Waals surface area (Å²) < 4.78 is 6.89. The fraction of sp³-hybridized carbons (Fsp3) is 0.375. The van der Waals surface area contributed by atoms with Crippen molar-refractivity contribution in [2.45, 2.75) is 33.4 Å². The molecule has 2 rings (SSSR count). The third kappa shape index (κ3) is 4.77. The summed E-state index contributed by atoms with van der Waals surface area (Å²) in [5, 5.41) is 27.8. The molecule has 25 heavy (non-hydrogen) atoms. The Labute approximate surface area is 144 Å². The SMILES string of the molecule is CC(=O)Nc1ccc(OCC(O)Cn2nc(C)c([N+](=O)[O-])c2C)cc1. The van der Waals surface area contributed by atoms with E-state index >= 15 is 0 Å². The van der Waals surface area contributed by atoms with Gasteiger partial charge in [-0.2, -0.15) is 5.10 Å². The lowest BCUT2D eigenvalue weighted by Crippen LogP contribution is -2.24. The highest BCUT2D eigenvalue weighted by Crippen LogP contribution is 2.22. The number of hydrogen-bond donors (Lipinski definition) is 2. The molecule has 0 radical (unpaired) electrons. The minimum Gasteiger partial charge on any atom is -0.491 e. The Morgan fingerprint density at radius 1 is 1.40 bits per heavy atom. The summed E-state index contributed by atoms with van der Waals surface area (Å²) >= 11 is 0. The van der Waals surface area contributed by atoms with Crippen molar-refractivity contribution >= 4 is 17.3 Å². The molecule has 9 nitrogen and oxygen atoms in total. The lowest BCUT2D eigenvalue weighted by molar-refractivity contribution is -0.386.